The highest BCUT2D eigenvalue weighted by Gasteiger charge is 2.21. The molecule has 0 spiro atoms. The first-order chi connectivity index (χ1) is 6.45. The molecule has 2 saturated carbocycles. The zero-order valence-corrected chi connectivity index (χ0v) is 9.37. The van der Waals surface area contributed by atoms with Crippen molar-refractivity contribution >= 4 is 11.8 Å². The molecule has 1 radical (unpaired) electrons. The molecule has 1 heteroatoms. The minimum Gasteiger partial charge on any atom is -0.150 e. The van der Waals surface area contributed by atoms with Crippen LogP contribution in [0.4, 0.5) is 0 Å². The van der Waals surface area contributed by atoms with E-state index in [0.29, 0.717) is 0 Å². The van der Waals surface area contributed by atoms with Crippen LogP contribution < -0.4 is 0 Å². The van der Waals surface area contributed by atoms with Gasteiger partial charge in [0.25, 0.3) is 0 Å². The van der Waals surface area contributed by atoms with Gasteiger partial charge in [-0.2, -0.15) is 11.8 Å². The molecule has 2 rings (SSSR count). The summed E-state index contributed by atoms with van der Waals surface area (Å²) >= 11 is 2.26. The van der Waals surface area contributed by atoms with Crippen molar-refractivity contribution in [2.45, 2.75) is 69.5 Å². The van der Waals surface area contributed by atoms with Crippen molar-refractivity contribution in [3.63, 3.8) is 0 Å². The average molecular weight is 197 g/mol. The highest BCUT2D eigenvalue weighted by Crippen LogP contribution is 2.41. The summed E-state index contributed by atoms with van der Waals surface area (Å²) in [5, 5.41) is 2.83. The van der Waals surface area contributed by atoms with Crippen LogP contribution in [-0.4, -0.2) is 5.25 Å². The van der Waals surface area contributed by atoms with E-state index in [1.165, 1.54) is 64.2 Å². The zero-order chi connectivity index (χ0) is 8.93. The Morgan fingerprint density at radius 3 is 2.08 bits per heavy atom. The molecule has 0 saturated heterocycles. The first-order valence-electron chi connectivity index (χ1n) is 5.96. The highest BCUT2D eigenvalue weighted by molar-refractivity contribution is 8.02. The average Bonchev–Trinajstić information content (AvgIpc) is 2.21. The lowest BCUT2D eigenvalue weighted by molar-refractivity contribution is 0.512. The van der Waals surface area contributed by atoms with Crippen molar-refractivity contribution in [3.8, 4) is 0 Å². The van der Waals surface area contributed by atoms with Crippen molar-refractivity contribution in [1.29, 1.82) is 0 Å². The molecule has 0 amide bonds. The van der Waals surface area contributed by atoms with E-state index in [4.69, 9.17) is 0 Å². The Hall–Kier alpha value is 0.350. The van der Waals surface area contributed by atoms with E-state index in [1.807, 2.05) is 5.25 Å². The van der Waals surface area contributed by atoms with Gasteiger partial charge < -0.3 is 0 Å². The quantitative estimate of drug-likeness (QED) is 0.626. The van der Waals surface area contributed by atoms with Gasteiger partial charge >= 0.3 is 0 Å². The van der Waals surface area contributed by atoms with Crippen LogP contribution in [0.25, 0.3) is 0 Å². The maximum atomic E-state index is 2.26. The van der Waals surface area contributed by atoms with E-state index in [0.717, 1.165) is 5.25 Å². The molecule has 0 aromatic heterocycles. The van der Waals surface area contributed by atoms with Crippen LogP contribution in [0, 0.1) is 5.25 Å². The molecule has 0 aromatic rings. The summed E-state index contributed by atoms with van der Waals surface area (Å²) in [4.78, 5) is 0. The maximum absolute atomic E-state index is 2.26. The van der Waals surface area contributed by atoms with Gasteiger partial charge in [-0.1, -0.05) is 38.5 Å². The standard InChI is InChI=1S/C12H21S/c1-3-7-11(8-4-1)13-12-9-5-2-6-10-12/h11H,1-10H2. The number of hydrogen-bond acceptors (Lipinski definition) is 1. The van der Waals surface area contributed by atoms with Crippen molar-refractivity contribution in [1.82, 2.24) is 0 Å². The monoisotopic (exact) mass is 197 g/mol. The molecule has 2 aliphatic rings. The zero-order valence-electron chi connectivity index (χ0n) is 8.56. The minimum atomic E-state index is 1.00. The molecule has 0 heterocycles. The second kappa shape index (κ2) is 5.29. The fourth-order valence-corrected chi connectivity index (χ4v) is 4.05. The summed E-state index contributed by atoms with van der Waals surface area (Å²) in [6.45, 7) is 0. The smallest absolute Gasteiger partial charge is 0.0309 e. The van der Waals surface area contributed by atoms with Crippen LogP contribution in [0.1, 0.15) is 64.2 Å². The van der Waals surface area contributed by atoms with Crippen LogP contribution in [0.5, 0.6) is 0 Å². The fraction of sp³-hybridized carbons (Fsp3) is 0.917. The first-order valence-corrected chi connectivity index (χ1v) is 6.84. The number of rotatable bonds is 2. The Balaban J connectivity index is 1.69. The summed E-state index contributed by atoms with van der Waals surface area (Å²) < 4.78 is 0. The van der Waals surface area contributed by atoms with Crippen molar-refractivity contribution in [2.75, 3.05) is 0 Å². The predicted molar refractivity (Wildman–Crippen MR) is 60.8 cm³/mol. The Kier molecular flexibility index (Phi) is 4.02. The number of hydrogen-bond donors (Lipinski definition) is 0. The van der Waals surface area contributed by atoms with E-state index < -0.39 is 0 Å². The summed E-state index contributed by atoms with van der Waals surface area (Å²) in [7, 11) is 0. The third-order valence-electron chi connectivity index (χ3n) is 3.30. The third kappa shape index (κ3) is 3.19. The van der Waals surface area contributed by atoms with Gasteiger partial charge in [-0.25, -0.2) is 0 Å². The Morgan fingerprint density at radius 2 is 1.38 bits per heavy atom. The Bertz CT molecular complexity index is 116. The van der Waals surface area contributed by atoms with Crippen LogP contribution in [0.2, 0.25) is 0 Å². The number of thioether (sulfide) groups is 1. The Morgan fingerprint density at radius 1 is 0.769 bits per heavy atom. The van der Waals surface area contributed by atoms with Crippen LogP contribution >= 0.6 is 11.8 Å². The maximum Gasteiger partial charge on any atom is 0.0309 e. The lowest BCUT2D eigenvalue weighted by Gasteiger charge is -2.27. The largest absolute Gasteiger partial charge is 0.150 e. The summed E-state index contributed by atoms with van der Waals surface area (Å²) in [6, 6.07) is 0. The SMILES string of the molecule is C1CC[C](SC2CCCCC2)CC1. The van der Waals surface area contributed by atoms with E-state index in [2.05, 4.69) is 11.8 Å². The lowest BCUT2D eigenvalue weighted by atomic mass is 10.00. The minimum absolute atomic E-state index is 1.00. The fourth-order valence-electron chi connectivity index (χ4n) is 2.48. The molecule has 0 aliphatic heterocycles. The highest BCUT2D eigenvalue weighted by atomic mass is 32.2. The molecule has 2 fully saturated rings. The Labute approximate surface area is 86.9 Å². The van der Waals surface area contributed by atoms with E-state index in [1.54, 1.807) is 0 Å². The molecule has 75 valence electrons. The van der Waals surface area contributed by atoms with Crippen LogP contribution in [-0.2, 0) is 0 Å². The second-order valence-corrected chi connectivity index (χ2v) is 5.96. The van der Waals surface area contributed by atoms with Gasteiger partial charge in [0.2, 0.25) is 0 Å². The van der Waals surface area contributed by atoms with E-state index in [9.17, 15) is 0 Å². The van der Waals surface area contributed by atoms with Crippen LogP contribution in [0.3, 0.4) is 0 Å². The molecular formula is C12H21S. The molecule has 0 atom stereocenters. The van der Waals surface area contributed by atoms with Gasteiger partial charge in [-0.05, 0) is 25.7 Å². The third-order valence-corrected chi connectivity index (χ3v) is 4.84. The van der Waals surface area contributed by atoms with Crippen molar-refractivity contribution < 1.29 is 0 Å². The summed E-state index contributed by atoms with van der Waals surface area (Å²) in [5.74, 6) is 0. The van der Waals surface area contributed by atoms with Gasteiger partial charge in [-0.15, -0.1) is 0 Å². The predicted octanol–water partition coefficient (Wildman–Crippen LogP) is 4.55. The van der Waals surface area contributed by atoms with Crippen LogP contribution in [0.15, 0.2) is 0 Å². The topological polar surface area (TPSA) is 0 Å². The van der Waals surface area contributed by atoms with E-state index >= 15 is 0 Å². The lowest BCUT2D eigenvalue weighted by Crippen LogP contribution is -2.12. The molecule has 0 unspecified atom stereocenters. The van der Waals surface area contributed by atoms with Gasteiger partial charge in [0.05, 0.1) is 0 Å². The van der Waals surface area contributed by atoms with Gasteiger partial charge in [0.15, 0.2) is 0 Å². The van der Waals surface area contributed by atoms with Gasteiger partial charge in [0, 0.05) is 10.5 Å². The molecule has 0 nitrogen and oxygen atoms in total. The molecular weight excluding hydrogens is 176 g/mol. The summed E-state index contributed by atoms with van der Waals surface area (Å²) in [5.41, 5.74) is 0. The van der Waals surface area contributed by atoms with Crippen molar-refractivity contribution in [2.24, 2.45) is 0 Å². The molecule has 0 bridgehead atoms. The summed E-state index contributed by atoms with van der Waals surface area (Å²) in [6.07, 6.45) is 14.7. The van der Waals surface area contributed by atoms with E-state index in [-0.39, 0.29) is 0 Å². The second-order valence-electron chi connectivity index (χ2n) is 4.48. The first kappa shape index (κ1) is 9.89. The normalized spacial score (nSPS) is 27.7. The van der Waals surface area contributed by atoms with Crippen molar-refractivity contribution in [3.05, 3.63) is 5.25 Å². The van der Waals surface area contributed by atoms with Gasteiger partial charge in [-0.3, -0.25) is 0 Å². The molecule has 13 heavy (non-hydrogen) atoms. The molecule has 2 aliphatic carbocycles. The molecule has 0 aromatic carbocycles. The molecule has 0 N–H and O–H groups in total. The van der Waals surface area contributed by atoms with Gasteiger partial charge in [0.1, 0.15) is 0 Å².